The van der Waals surface area contributed by atoms with Gasteiger partial charge in [-0.15, -0.1) is 0 Å². The topological polar surface area (TPSA) is 0 Å². The van der Waals surface area contributed by atoms with E-state index in [1.54, 1.807) is 22.3 Å². The first kappa shape index (κ1) is 16.1. The Labute approximate surface area is 130 Å². The summed E-state index contributed by atoms with van der Waals surface area (Å²) < 4.78 is 0. The highest BCUT2D eigenvalue weighted by Gasteiger charge is 2.16. The Morgan fingerprint density at radius 1 is 0.571 bits per heavy atom. The van der Waals surface area contributed by atoms with Gasteiger partial charge in [-0.05, 0) is 58.7 Å². The molecule has 0 aliphatic heterocycles. The molecule has 0 fully saturated rings. The quantitative estimate of drug-likeness (QED) is 0.562. The smallest absolute Gasteiger partial charge is 0.0146 e. The van der Waals surface area contributed by atoms with Crippen LogP contribution in [-0.4, -0.2) is 0 Å². The van der Waals surface area contributed by atoms with Crippen LogP contribution in [0.3, 0.4) is 0 Å². The van der Waals surface area contributed by atoms with Crippen molar-refractivity contribution in [1.29, 1.82) is 0 Å². The van der Waals surface area contributed by atoms with Crippen molar-refractivity contribution in [3.05, 3.63) is 46.5 Å². The maximum Gasteiger partial charge on any atom is -0.0146 e. The van der Waals surface area contributed by atoms with Gasteiger partial charge in [-0.2, -0.15) is 0 Å². The van der Waals surface area contributed by atoms with Gasteiger partial charge in [0.25, 0.3) is 0 Å². The third-order valence-corrected chi connectivity index (χ3v) is 4.52. The van der Waals surface area contributed by atoms with Gasteiger partial charge in [-0.1, -0.05) is 71.2 Å². The number of benzene rings is 2. The molecule has 2 aromatic rings. The lowest BCUT2D eigenvalue weighted by atomic mass is 9.83. The van der Waals surface area contributed by atoms with E-state index in [4.69, 9.17) is 0 Å². The molecule has 2 rings (SSSR count). The Hall–Kier alpha value is -1.30. The van der Waals surface area contributed by atoms with E-state index in [0.29, 0.717) is 0 Å². The van der Waals surface area contributed by atoms with Crippen LogP contribution >= 0.6 is 0 Å². The lowest BCUT2D eigenvalue weighted by molar-refractivity contribution is 0.821. The Kier molecular flexibility index (Phi) is 5.85. The van der Waals surface area contributed by atoms with Crippen molar-refractivity contribution in [3.8, 4) is 0 Å². The summed E-state index contributed by atoms with van der Waals surface area (Å²) >= 11 is 0. The van der Waals surface area contributed by atoms with E-state index >= 15 is 0 Å². The molecular weight excluding hydrogens is 252 g/mol. The van der Waals surface area contributed by atoms with Crippen molar-refractivity contribution in [2.75, 3.05) is 0 Å². The molecule has 0 atom stereocenters. The summed E-state index contributed by atoms with van der Waals surface area (Å²) in [4.78, 5) is 0. The fourth-order valence-electron chi connectivity index (χ4n) is 3.74. The highest BCUT2D eigenvalue weighted by Crippen LogP contribution is 2.33. The van der Waals surface area contributed by atoms with Gasteiger partial charge < -0.3 is 0 Å². The zero-order chi connectivity index (χ0) is 15.2. The fourth-order valence-corrected chi connectivity index (χ4v) is 3.74. The summed E-state index contributed by atoms with van der Waals surface area (Å²) in [5.74, 6) is 0. The van der Waals surface area contributed by atoms with E-state index in [9.17, 15) is 0 Å². The maximum absolute atomic E-state index is 2.34. The molecule has 2 aromatic carbocycles. The third kappa shape index (κ3) is 3.15. The molecule has 0 aliphatic carbocycles. The van der Waals surface area contributed by atoms with Crippen LogP contribution in [0.15, 0.2) is 24.3 Å². The molecule has 0 spiro atoms. The van der Waals surface area contributed by atoms with Crippen molar-refractivity contribution in [2.24, 2.45) is 0 Å². The summed E-state index contributed by atoms with van der Waals surface area (Å²) in [6.07, 6.45) is 8.57. The van der Waals surface area contributed by atoms with Crippen LogP contribution < -0.4 is 0 Å². The van der Waals surface area contributed by atoms with E-state index < -0.39 is 0 Å². The first-order valence-corrected chi connectivity index (χ1v) is 8.82. The van der Waals surface area contributed by atoms with Gasteiger partial charge in [-0.3, -0.25) is 0 Å². The minimum atomic E-state index is 1.15. The predicted octanol–water partition coefficient (Wildman–Crippen LogP) is 6.26. The molecule has 0 heterocycles. The number of rotatable bonds is 7. The molecule has 114 valence electrons. The van der Waals surface area contributed by atoms with E-state index in [1.165, 1.54) is 49.3 Å². The molecule has 0 nitrogen and oxygen atoms in total. The number of hydrogen-bond donors (Lipinski definition) is 0. The molecule has 0 saturated heterocycles. The largest absolute Gasteiger partial charge is 0.0651 e. The minimum absolute atomic E-state index is 1.15. The first-order chi connectivity index (χ1) is 10.3. The van der Waals surface area contributed by atoms with Crippen molar-refractivity contribution >= 4 is 10.8 Å². The average molecular weight is 282 g/mol. The summed E-state index contributed by atoms with van der Waals surface area (Å²) in [5.41, 5.74) is 6.59. The first-order valence-electron chi connectivity index (χ1n) is 8.82. The van der Waals surface area contributed by atoms with Crippen molar-refractivity contribution in [2.45, 2.75) is 72.6 Å². The Morgan fingerprint density at radius 3 is 1.48 bits per heavy atom. The second-order valence-corrected chi connectivity index (χ2v) is 6.06. The zero-order valence-electron chi connectivity index (χ0n) is 14.3. The Balaban J connectivity index is 2.82. The van der Waals surface area contributed by atoms with Gasteiger partial charge in [-0.25, -0.2) is 0 Å². The molecule has 0 unspecified atom stereocenters. The Bertz CT molecular complexity index is 593. The second-order valence-electron chi connectivity index (χ2n) is 6.06. The van der Waals surface area contributed by atoms with Crippen LogP contribution in [0.2, 0.25) is 0 Å². The van der Waals surface area contributed by atoms with Crippen LogP contribution in [0.25, 0.3) is 10.8 Å². The molecule has 0 radical (unpaired) electrons. The van der Waals surface area contributed by atoms with E-state index in [-0.39, 0.29) is 0 Å². The summed E-state index contributed by atoms with van der Waals surface area (Å²) in [6, 6.07) is 9.08. The lowest BCUT2D eigenvalue weighted by Gasteiger charge is -2.22. The van der Waals surface area contributed by atoms with E-state index in [1.807, 2.05) is 0 Å². The van der Waals surface area contributed by atoms with Crippen LogP contribution in [0.1, 0.15) is 69.2 Å². The SMILES string of the molecule is CCCc1c(CCC)c(CCC)c2ccccc2c1CC. The zero-order valence-corrected chi connectivity index (χ0v) is 14.3. The highest BCUT2D eigenvalue weighted by atomic mass is 14.2. The average Bonchev–Trinajstić information content (AvgIpc) is 2.51. The molecule has 0 saturated carbocycles. The fraction of sp³-hybridized carbons (Fsp3) is 0.524. The van der Waals surface area contributed by atoms with Crippen LogP contribution in [-0.2, 0) is 25.7 Å². The van der Waals surface area contributed by atoms with Gasteiger partial charge in [0.15, 0.2) is 0 Å². The molecular formula is C21H30. The number of hydrogen-bond acceptors (Lipinski definition) is 0. The van der Waals surface area contributed by atoms with Gasteiger partial charge in [0.05, 0.1) is 0 Å². The summed E-state index contributed by atoms with van der Waals surface area (Å²) in [5, 5.41) is 3.02. The standard InChI is InChI=1S/C21H30/c1-5-11-17-16(8-4)20-14-9-10-15-21(20)19(13-7-3)18(17)12-6-2/h9-10,14-15H,5-8,11-13H2,1-4H3. The van der Waals surface area contributed by atoms with Gasteiger partial charge in [0, 0.05) is 0 Å². The molecule has 0 N–H and O–H groups in total. The summed E-state index contributed by atoms with van der Waals surface area (Å²) in [7, 11) is 0. The van der Waals surface area contributed by atoms with Gasteiger partial charge in [0.2, 0.25) is 0 Å². The van der Waals surface area contributed by atoms with E-state index in [2.05, 4.69) is 52.0 Å². The Morgan fingerprint density at radius 2 is 1.00 bits per heavy atom. The predicted molar refractivity (Wildman–Crippen MR) is 95.3 cm³/mol. The lowest BCUT2D eigenvalue weighted by Crippen LogP contribution is -2.06. The molecule has 0 heteroatoms. The highest BCUT2D eigenvalue weighted by molar-refractivity contribution is 5.91. The van der Waals surface area contributed by atoms with E-state index in [0.717, 1.165) is 6.42 Å². The summed E-state index contributed by atoms with van der Waals surface area (Å²) in [6.45, 7) is 9.24. The van der Waals surface area contributed by atoms with Crippen molar-refractivity contribution < 1.29 is 0 Å². The molecule has 0 aliphatic rings. The molecule has 21 heavy (non-hydrogen) atoms. The van der Waals surface area contributed by atoms with Crippen LogP contribution in [0.4, 0.5) is 0 Å². The number of fused-ring (bicyclic) bond motifs is 1. The van der Waals surface area contributed by atoms with Crippen molar-refractivity contribution in [3.63, 3.8) is 0 Å². The third-order valence-electron chi connectivity index (χ3n) is 4.52. The monoisotopic (exact) mass is 282 g/mol. The molecule has 0 aromatic heterocycles. The number of aryl methyl sites for hydroxylation is 2. The van der Waals surface area contributed by atoms with Crippen LogP contribution in [0.5, 0.6) is 0 Å². The maximum atomic E-state index is 2.34. The minimum Gasteiger partial charge on any atom is -0.0651 e. The molecule has 0 bridgehead atoms. The van der Waals surface area contributed by atoms with Gasteiger partial charge >= 0.3 is 0 Å². The van der Waals surface area contributed by atoms with Crippen LogP contribution in [0, 0.1) is 0 Å². The molecule has 0 amide bonds. The normalized spacial score (nSPS) is 11.2. The van der Waals surface area contributed by atoms with Gasteiger partial charge in [0.1, 0.15) is 0 Å². The van der Waals surface area contributed by atoms with Crippen molar-refractivity contribution in [1.82, 2.24) is 0 Å². The second kappa shape index (κ2) is 7.64.